The SMILES string of the molecule is [2H]C([2H])([2H])Oc1cnc(-n2cnc(C([2H])([2H])[2H])n2)c2[nH]cc(C(=O)C(=O)N3C([2H])([2H])C([2H])([2H])C(=C([N+]#[C-])c4ccccc4)C([2H])([2H])C3([2H])[2H])c12.[2H]c1c([2H])c(C([N+]#[C-])=C2C([2H])([2H])C([2H])([2H])N(C(=O)C(=O)c3c[nH]c4c(-n5cnc(C([2H])([2H])[2H])n5)ncc(OC([2H])([2H])[2H])c34)C([2H])([2H])C2([2H])[2H])c([2H])c([2H])c1C.[2H]c1c([2H])c(C([N+]#[C-])=C2CCN(C(=O)C(=O)c3c[nH]c4c(-n5cnc(C([2H])([2H])[2H])n5)ncc(OC([2H])([2H])[2H])c34)CC2)c([2H])c([2H])c1C. The van der Waals surface area contributed by atoms with Crippen LogP contribution in [0.25, 0.3) is 81.8 Å². The number of nitrogens with one attached hydrogen (secondary N) is 3. The van der Waals surface area contributed by atoms with Gasteiger partial charge in [-0.15, -0.1) is 0 Å². The molecule has 110 heavy (non-hydrogen) atoms. The van der Waals surface area contributed by atoms with Crippen molar-refractivity contribution in [2.75, 3.05) is 60.2 Å². The highest BCUT2D eigenvalue weighted by molar-refractivity contribution is 6.46. The minimum absolute atomic E-state index is 0.00242. The van der Waals surface area contributed by atoms with Gasteiger partial charge in [-0.2, -0.15) is 15.3 Å². The first-order valence-electron chi connectivity index (χ1n) is 52.3. The summed E-state index contributed by atoms with van der Waals surface area (Å²) in [7, 11) is -9.32. The zero-order valence-electron chi connectivity index (χ0n) is 98.1. The third kappa shape index (κ3) is 14.9. The molecule has 3 aromatic carbocycles. The fourth-order valence-electron chi connectivity index (χ4n) is 11.0. The first-order chi connectivity index (χ1) is 69.8. The molecule has 3 fully saturated rings. The minimum atomic E-state index is -4.06. The summed E-state index contributed by atoms with van der Waals surface area (Å²) in [5.41, 5.74) is -8.04. The van der Waals surface area contributed by atoms with E-state index in [-0.39, 0.29) is 129 Å². The van der Waals surface area contributed by atoms with Gasteiger partial charge in [0.25, 0.3) is 35.1 Å². The fourth-order valence-corrected chi connectivity index (χ4v) is 11.0. The van der Waals surface area contributed by atoms with Crippen LogP contribution in [0, 0.1) is 54.1 Å². The highest BCUT2D eigenvalue weighted by Crippen LogP contribution is 2.38. The Morgan fingerprint density at radius 3 is 1.12 bits per heavy atom. The number of aryl methyl sites for hydroxylation is 3. The second-order valence-electron chi connectivity index (χ2n) is 22.6. The Kier molecular flexibility index (Phi) is 11.2. The lowest BCUT2D eigenvalue weighted by Crippen LogP contribution is -2.40. The fraction of sp³-hybridized carbons (Fsp3) is 0.250. The molecule has 0 radical (unpaired) electrons. The Morgan fingerprint density at radius 1 is 0.455 bits per heavy atom. The number of piperidine rings is 3. The molecule has 0 bridgehead atoms. The number of nitrogens with zero attached hydrogens (tertiary/aromatic N) is 18. The Morgan fingerprint density at radius 2 is 0.791 bits per heavy atom. The lowest BCUT2D eigenvalue weighted by atomic mass is 9.97. The molecule has 3 saturated heterocycles. The Labute approximate surface area is 689 Å². The van der Waals surface area contributed by atoms with Crippen molar-refractivity contribution in [3.8, 4) is 34.7 Å². The van der Waals surface area contributed by atoms with E-state index in [1.165, 1.54) is 49.2 Å². The van der Waals surface area contributed by atoms with Gasteiger partial charge < -0.3 is 43.9 Å². The second kappa shape index (κ2) is 32.2. The molecule has 0 saturated carbocycles. The second-order valence-corrected chi connectivity index (χ2v) is 22.6. The number of aromatic amines is 3. The van der Waals surface area contributed by atoms with Gasteiger partial charge in [-0.25, -0.2) is 58.5 Å². The molecule has 0 spiro atoms. The third-order valence-electron chi connectivity index (χ3n) is 16.1. The molecule has 552 valence electrons. The van der Waals surface area contributed by atoms with Crippen molar-refractivity contribution in [1.29, 1.82) is 0 Å². The van der Waals surface area contributed by atoms with Gasteiger partial charge in [-0.1, -0.05) is 107 Å². The van der Waals surface area contributed by atoms with Crippen molar-refractivity contribution in [1.82, 2.24) is 88.9 Å². The quantitative estimate of drug-likeness (QED) is 0.0488. The van der Waals surface area contributed by atoms with Crippen LogP contribution in [0.3, 0.4) is 0 Å². The van der Waals surface area contributed by atoms with Gasteiger partial charge in [0, 0.05) is 91.9 Å². The number of likely N-dealkylation sites (tertiary alicyclic amines) is 3. The maximum Gasteiger partial charge on any atom is 0.295 e. The topological polar surface area (TPSA) is 331 Å². The van der Waals surface area contributed by atoms with Crippen LogP contribution in [0.5, 0.6) is 17.2 Å². The Balaban J connectivity index is 0.000000190. The summed E-state index contributed by atoms with van der Waals surface area (Å²) in [6.07, 6.45) is -6.58. The van der Waals surface area contributed by atoms with Crippen molar-refractivity contribution in [3.63, 3.8) is 0 Å². The van der Waals surface area contributed by atoms with Crippen LogP contribution >= 0.6 is 0 Å². The molecule has 0 aliphatic carbocycles. The first kappa shape index (κ1) is 38.3. The van der Waals surface area contributed by atoms with Gasteiger partial charge in [0.15, 0.2) is 34.5 Å². The van der Waals surface area contributed by atoms with Gasteiger partial charge in [0.2, 0.25) is 0 Å². The van der Waals surface area contributed by atoms with Crippen LogP contribution < -0.4 is 14.2 Å². The van der Waals surface area contributed by atoms with Gasteiger partial charge in [-0.3, -0.25) is 28.8 Å². The van der Waals surface area contributed by atoms with Crippen LogP contribution in [0.2, 0.25) is 0 Å². The number of benzene rings is 3. The molecule has 3 aliphatic rings. The Bertz CT molecular complexity index is 7800. The molecule has 9 aromatic heterocycles. The standard InChI is InChI=1S/2C27H25N7O3.C26H23N7O3/c2*1-16-5-7-18(8-6-16)23(28-3)19-9-11-33(12-10-19)27(36)25(35)20-13-29-24-22(20)21(37-4)14-30-26(24)34-15-31-17(2)32-34;1-16-30-15-33(31-16)25-23-21(20(36-3)14-29-25)19(13-28-23)24(34)26(35)32-11-9-18(10-12-32)22(27-2)17-7-5-4-6-8-17/h2*5-8,13-15,29H,9-12H2,1-2,4H3;4-8,13-15,28H,9-12H2,1,3H3/i2D3,4D3,5D,6D,7D,8D,9D2,10D2,11D2,12D2;2D3,4D3,5D,6D,7D,8D;1D3,3D3,9D2,10D2,11D2,12D2. The summed E-state index contributed by atoms with van der Waals surface area (Å²) in [4.78, 5) is 124. The van der Waals surface area contributed by atoms with E-state index in [4.69, 9.17) is 91.5 Å². The number of hydrogen-bond acceptors (Lipinski definition) is 18. The molecule has 0 unspecified atom stereocenters. The molecular weight excluding hydrogens is 1400 g/mol. The smallest absolute Gasteiger partial charge is 0.295 e. The van der Waals surface area contributed by atoms with Crippen LogP contribution in [-0.2, 0) is 14.4 Å². The summed E-state index contributed by atoms with van der Waals surface area (Å²) in [5, 5.41) is 10.4. The molecule has 3 N–H and O–H groups in total. The van der Waals surface area contributed by atoms with E-state index >= 15 is 0 Å². The number of amides is 3. The summed E-state index contributed by atoms with van der Waals surface area (Å²) in [6, 6.07) is 2.58. The maximum absolute atomic E-state index is 14.1. The summed E-state index contributed by atoms with van der Waals surface area (Å²) in [5.74, 6) is -13.9. The average molecular weight is 1510 g/mol. The van der Waals surface area contributed by atoms with Gasteiger partial charge in [0.05, 0.1) is 132 Å². The number of fused-ring (bicyclic) bond motifs is 3. The Hall–Kier alpha value is -14.3. The number of methoxy groups -OCH3 is 3. The highest BCUT2D eigenvalue weighted by Gasteiger charge is 2.35. The van der Waals surface area contributed by atoms with Crippen LogP contribution in [0.1, 0.15) is 172 Å². The van der Waals surface area contributed by atoms with Crippen molar-refractivity contribution >= 4 is 84.9 Å². The number of carbonyl (C=O) groups is 6. The molecule has 30 heteroatoms. The molecular formula is C80H73N21O9. The van der Waals surface area contributed by atoms with E-state index in [2.05, 4.69) is 74.7 Å². The number of rotatable bonds is 15. The number of ether oxygens (including phenoxy) is 3. The highest BCUT2D eigenvalue weighted by atomic mass is 16.5. The lowest BCUT2D eigenvalue weighted by Gasteiger charge is -2.28. The summed E-state index contributed by atoms with van der Waals surface area (Å²) in [6.45, 7) is 1.91. The van der Waals surface area contributed by atoms with Crippen LogP contribution in [-0.4, -0.2) is 184 Å². The molecule has 15 rings (SSSR count). The number of H-pyrrole nitrogens is 3. The zero-order chi connectivity index (χ0) is 114. The average Bonchev–Trinajstić information content (AvgIpc) is 1.17. The predicted molar refractivity (Wildman–Crippen MR) is 407 cm³/mol. The molecule has 12 heterocycles. The van der Waals surface area contributed by atoms with E-state index in [0.29, 0.717) is 5.57 Å². The molecule has 3 aliphatic heterocycles. The first-order valence-corrected chi connectivity index (χ1v) is 31.3. The minimum Gasteiger partial charge on any atom is -0.494 e. The number of carbonyl (C=O) groups excluding carboxylic acids is 6. The van der Waals surface area contributed by atoms with Crippen molar-refractivity contribution in [3.05, 3.63) is 248 Å². The number of Topliss-reactive ketones (excluding diaryl/α,β-unsaturated/α-hetero) is 3. The van der Waals surface area contributed by atoms with E-state index < -0.39 is 241 Å². The van der Waals surface area contributed by atoms with Crippen molar-refractivity contribution in [2.45, 2.75) is 72.7 Å². The number of hydrogen-bond donors (Lipinski definition) is 3. The largest absolute Gasteiger partial charge is 0.494 e. The van der Waals surface area contributed by atoms with E-state index in [0.717, 1.165) is 64.0 Å². The maximum atomic E-state index is 14.1. The lowest BCUT2D eigenvalue weighted by molar-refractivity contribution is -0.127. The monoisotopic (exact) mass is 1510 g/mol. The molecule has 0 atom stereocenters. The van der Waals surface area contributed by atoms with E-state index in [1.807, 2.05) is 0 Å². The number of pyridine rings is 3. The zero-order valence-corrected chi connectivity index (χ0v) is 56.1. The summed E-state index contributed by atoms with van der Waals surface area (Å²) >= 11 is 0. The predicted octanol–water partition coefficient (Wildman–Crippen LogP) is 11.4. The van der Waals surface area contributed by atoms with Gasteiger partial charge >= 0.3 is 0 Å². The molecule has 30 nitrogen and oxygen atoms in total. The number of ketones is 3. The summed E-state index contributed by atoms with van der Waals surface area (Å²) < 4.78 is 359. The van der Waals surface area contributed by atoms with E-state index in [9.17, 15) is 28.8 Å². The molecule has 12 aromatic rings. The van der Waals surface area contributed by atoms with E-state index in [1.54, 1.807) is 6.07 Å². The van der Waals surface area contributed by atoms with Gasteiger partial charge in [0.1, 0.15) is 53.7 Å². The molecule has 3 amide bonds. The van der Waals surface area contributed by atoms with Gasteiger partial charge in [-0.05, 0) is 89.4 Å². The normalized spacial score (nSPS) is 23.4. The van der Waals surface area contributed by atoms with Crippen molar-refractivity contribution < 1.29 is 101 Å². The van der Waals surface area contributed by atoms with Crippen LogP contribution in [0.15, 0.2) is 152 Å². The third-order valence-corrected chi connectivity index (χ3v) is 16.1. The number of aromatic nitrogens is 15. The van der Waals surface area contributed by atoms with Crippen molar-refractivity contribution in [2.24, 2.45) is 0 Å². The van der Waals surface area contributed by atoms with Crippen LogP contribution in [0.4, 0.5) is 0 Å².